The minimum atomic E-state index is -0.0583. The highest BCUT2D eigenvalue weighted by molar-refractivity contribution is 5.87. The number of piperazine rings is 1. The van der Waals surface area contributed by atoms with Crippen LogP contribution in [0, 0.1) is 5.92 Å². The van der Waals surface area contributed by atoms with Gasteiger partial charge in [0.2, 0.25) is 11.8 Å². The van der Waals surface area contributed by atoms with Crippen molar-refractivity contribution >= 4 is 17.6 Å². The van der Waals surface area contributed by atoms with E-state index in [1.54, 1.807) is 4.90 Å². The Morgan fingerprint density at radius 1 is 1.03 bits per heavy atom. The lowest BCUT2D eigenvalue weighted by molar-refractivity contribution is -0.141. The molecule has 1 aromatic carbocycles. The maximum absolute atomic E-state index is 12.9. The molecule has 2 amide bonds. The second-order valence-electron chi connectivity index (χ2n) is 8.39. The molecule has 1 aliphatic carbocycles. The molecular formula is C23H27N5O2. The highest BCUT2D eigenvalue weighted by Crippen LogP contribution is 2.33. The zero-order valence-corrected chi connectivity index (χ0v) is 17.1. The fourth-order valence-corrected chi connectivity index (χ4v) is 4.81. The van der Waals surface area contributed by atoms with Crippen LogP contribution in [-0.2, 0) is 22.4 Å². The number of aromatic nitrogens is 2. The Bertz CT molecular complexity index is 954. The molecule has 7 heteroatoms. The number of aryl methyl sites for hydroxylation is 1. The molecule has 0 radical (unpaired) electrons. The standard InChI is InChI=1S/C23H27N5O2/c29-20-15-28(14-11-24-20)23(30)17-9-12-27(13-10-17)22-18-7-4-8-19(18)25-21(26-22)16-5-2-1-3-6-16/h1-3,5-6,17H,4,7-15H2,(H,24,29). The first kappa shape index (κ1) is 19.0. The van der Waals surface area contributed by atoms with E-state index >= 15 is 0 Å². The average Bonchev–Trinajstić information content (AvgIpc) is 3.27. The van der Waals surface area contributed by atoms with E-state index in [1.807, 2.05) is 18.2 Å². The quantitative estimate of drug-likeness (QED) is 0.843. The molecule has 0 spiro atoms. The largest absolute Gasteiger partial charge is 0.356 e. The fraction of sp³-hybridized carbons (Fsp3) is 0.478. The van der Waals surface area contributed by atoms with E-state index in [4.69, 9.17) is 9.97 Å². The number of hydrogen-bond donors (Lipinski definition) is 1. The van der Waals surface area contributed by atoms with Crippen molar-refractivity contribution in [2.75, 3.05) is 37.6 Å². The first-order valence-electron chi connectivity index (χ1n) is 10.9. The van der Waals surface area contributed by atoms with Gasteiger partial charge < -0.3 is 15.1 Å². The number of anilines is 1. The van der Waals surface area contributed by atoms with Crippen LogP contribution < -0.4 is 10.2 Å². The van der Waals surface area contributed by atoms with Crippen LogP contribution in [-0.4, -0.2) is 59.4 Å². The molecule has 30 heavy (non-hydrogen) atoms. The van der Waals surface area contributed by atoms with Crippen molar-refractivity contribution in [2.45, 2.75) is 32.1 Å². The van der Waals surface area contributed by atoms with Gasteiger partial charge in [0.25, 0.3) is 0 Å². The smallest absolute Gasteiger partial charge is 0.239 e. The lowest BCUT2D eigenvalue weighted by Gasteiger charge is -2.36. The number of carbonyl (C=O) groups excluding carboxylic acids is 2. The Morgan fingerprint density at radius 2 is 1.83 bits per heavy atom. The van der Waals surface area contributed by atoms with Gasteiger partial charge in [-0.3, -0.25) is 9.59 Å². The maximum atomic E-state index is 12.9. The minimum absolute atomic E-state index is 0.00405. The molecule has 0 bridgehead atoms. The summed E-state index contributed by atoms with van der Waals surface area (Å²) < 4.78 is 0. The van der Waals surface area contributed by atoms with Gasteiger partial charge in [-0.25, -0.2) is 9.97 Å². The van der Waals surface area contributed by atoms with Gasteiger partial charge >= 0.3 is 0 Å². The molecule has 0 unspecified atom stereocenters. The number of benzene rings is 1. The molecule has 2 aromatic rings. The molecule has 2 saturated heterocycles. The molecule has 156 valence electrons. The summed E-state index contributed by atoms with van der Waals surface area (Å²) in [5, 5.41) is 2.79. The van der Waals surface area contributed by atoms with Gasteiger partial charge in [0.1, 0.15) is 5.82 Å². The number of fused-ring (bicyclic) bond motifs is 1. The molecule has 1 aromatic heterocycles. The van der Waals surface area contributed by atoms with Crippen LogP contribution >= 0.6 is 0 Å². The minimum Gasteiger partial charge on any atom is -0.356 e. The van der Waals surface area contributed by atoms with Crippen molar-refractivity contribution in [1.29, 1.82) is 0 Å². The Kier molecular flexibility index (Phi) is 5.11. The van der Waals surface area contributed by atoms with Crippen LogP contribution in [0.4, 0.5) is 5.82 Å². The summed E-state index contributed by atoms with van der Waals surface area (Å²) >= 11 is 0. The van der Waals surface area contributed by atoms with Crippen LogP contribution in [0.25, 0.3) is 11.4 Å². The van der Waals surface area contributed by atoms with Gasteiger partial charge in [-0.1, -0.05) is 30.3 Å². The summed E-state index contributed by atoms with van der Waals surface area (Å²) in [6.07, 6.45) is 4.77. The topological polar surface area (TPSA) is 78.4 Å². The van der Waals surface area contributed by atoms with E-state index in [-0.39, 0.29) is 24.3 Å². The predicted molar refractivity (Wildman–Crippen MR) is 114 cm³/mol. The first-order chi connectivity index (χ1) is 14.7. The van der Waals surface area contributed by atoms with E-state index in [1.165, 1.54) is 11.3 Å². The van der Waals surface area contributed by atoms with Crippen LogP contribution in [0.2, 0.25) is 0 Å². The van der Waals surface area contributed by atoms with Gasteiger partial charge in [-0.05, 0) is 32.1 Å². The lowest BCUT2D eigenvalue weighted by Crippen LogP contribution is -2.52. The monoisotopic (exact) mass is 405 g/mol. The number of rotatable bonds is 3. The van der Waals surface area contributed by atoms with Crippen molar-refractivity contribution in [2.24, 2.45) is 5.92 Å². The Labute approximate surface area is 176 Å². The maximum Gasteiger partial charge on any atom is 0.239 e. The molecule has 3 heterocycles. The van der Waals surface area contributed by atoms with Crippen molar-refractivity contribution in [1.82, 2.24) is 20.2 Å². The Balaban J connectivity index is 1.33. The van der Waals surface area contributed by atoms with Crippen molar-refractivity contribution in [3.05, 3.63) is 41.6 Å². The van der Waals surface area contributed by atoms with Gasteiger partial charge in [0.05, 0.1) is 6.54 Å². The second kappa shape index (κ2) is 8.05. The second-order valence-corrected chi connectivity index (χ2v) is 8.39. The third-order valence-electron chi connectivity index (χ3n) is 6.44. The number of carbonyl (C=O) groups is 2. The van der Waals surface area contributed by atoms with Crippen molar-refractivity contribution < 1.29 is 9.59 Å². The number of amides is 2. The zero-order valence-electron chi connectivity index (χ0n) is 17.1. The van der Waals surface area contributed by atoms with Crippen molar-refractivity contribution in [3.63, 3.8) is 0 Å². The summed E-state index contributed by atoms with van der Waals surface area (Å²) in [4.78, 5) is 38.4. The van der Waals surface area contributed by atoms with Crippen LogP contribution in [0.15, 0.2) is 30.3 Å². The molecule has 2 aliphatic heterocycles. The van der Waals surface area contributed by atoms with E-state index in [9.17, 15) is 9.59 Å². The highest BCUT2D eigenvalue weighted by atomic mass is 16.2. The molecule has 1 N–H and O–H groups in total. The van der Waals surface area contributed by atoms with Gasteiger partial charge in [0, 0.05) is 48.9 Å². The summed E-state index contributed by atoms with van der Waals surface area (Å²) in [5.74, 6) is 1.92. The van der Waals surface area contributed by atoms with E-state index in [0.29, 0.717) is 13.1 Å². The normalized spacial score (nSPS) is 19.5. The predicted octanol–water partition coefficient (Wildman–Crippen LogP) is 1.81. The molecule has 0 saturated carbocycles. The molecule has 7 nitrogen and oxygen atoms in total. The first-order valence-corrected chi connectivity index (χ1v) is 10.9. The molecule has 0 atom stereocenters. The van der Waals surface area contributed by atoms with E-state index in [0.717, 1.165) is 62.4 Å². The van der Waals surface area contributed by atoms with Gasteiger partial charge in [-0.15, -0.1) is 0 Å². The Morgan fingerprint density at radius 3 is 2.60 bits per heavy atom. The SMILES string of the molecule is O=C1CN(C(=O)C2CCN(c3nc(-c4ccccc4)nc4c3CCC4)CC2)CCN1. The van der Waals surface area contributed by atoms with Crippen molar-refractivity contribution in [3.8, 4) is 11.4 Å². The van der Waals surface area contributed by atoms with Gasteiger partial charge in [-0.2, -0.15) is 0 Å². The molecule has 2 fully saturated rings. The number of piperidine rings is 1. The summed E-state index contributed by atoms with van der Waals surface area (Å²) in [5.41, 5.74) is 3.51. The average molecular weight is 406 g/mol. The van der Waals surface area contributed by atoms with Crippen LogP contribution in [0.3, 0.4) is 0 Å². The number of nitrogens with zero attached hydrogens (tertiary/aromatic N) is 4. The number of nitrogens with one attached hydrogen (secondary N) is 1. The summed E-state index contributed by atoms with van der Waals surface area (Å²) in [6, 6.07) is 10.2. The molecular weight excluding hydrogens is 378 g/mol. The highest BCUT2D eigenvalue weighted by Gasteiger charge is 2.32. The third kappa shape index (κ3) is 3.64. The third-order valence-corrected chi connectivity index (χ3v) is 6.44. The Hall–Kier alpha value is -2.96. The van der Waals surface area contributed by atoms with Crippen LogP contribution in [0.5, 0.6) is 0 Å². The van der Waals surface area contributed by atoms with Crippen LogP contribution in [0.1, 0.15) is 30.5 Å². The number of hydrogen-bond acceptors (Lipinski definition) is 5. The fourth-order valence-electron chi connectivity index (χ4n) is 4.81. The molecule has 3 aliphatic rings. The summed E-state index contributed by atoms with van der Waals surface area (Å²) in [7, 11) is 0. The molecule has 5 rings (SSSR count). The lowest BCUT2D eigenvalue weighted by atomic mass is 9.94. The van der Waals surface area contributed by atoms with E-state index < -0.39 is 0 Å². The van der Waals surface area contributed by atoms with E-state index in [2.05, 4.69) is 22.3 Å². The zero-order chi connectivity index (χ0) is 20.5. The van der Waals surface area contributed by atoms with Gasteiger partial charge in [0.15, 0.2) is 5.82 Å². The summed E-state index contributed by atoms with van der Waals surface area (Å²) in [6.45, 7) is 2.99.